The predicted octanol–water partition coefficient (Wildman–Crippen LogP) is 3.17. The molecule has 0 unspecified atom stereocenters. The van der Waals surface area contributed by atoms with Gasteiger partial charge >= 0.3 is 0 Å². The Labute approximate surface area is 112 Å². The molecule has 0 saturated heterocycles. The van der Waals surface area contributed by atoms with Crippen LogP contribution in [-0.4, -0.2) is 19.4 Å². The molecule has 3 nitrogen and oxygen atoms in total. The van der Waals surface area contributed by atoms with Crippen molar-refractivity contribution in [3.8, 4) is 5.75 Å². The van der Waals surface area contributed by atoms with Crippen molar-refractivity contribution < 1.29 is 9.15 Å². The minimum atomic E-state index is 0.788. The molecule has 2 rings (SSSR count). The molecule has 0 aliphatic rings. The maximum atomic E-state index is 5.24. The van der Waals surface area contributed by atoms with Crippen molar-refractivity contribution in [1.29, 1.82) is 0 Å². The molecule has 0 bridgehead atoms. The molecule has 2 aromatic rings. The van der Waals surface area contributed by atoms with Crippen LogP contribution in [-0.2, 0) is 6.54 Å². The van der Waals surface area contributed by atoms with E-state index in [1.54, 1.807) is 13.4 Å². The van der Waals surface area contributed by atoms with Crippen molar-refractivity contribution in [2.45, 2.75) is 11.4 Å². The van der Waals surface area contributed by atoms with Crippen LogP contribution in [0.15, 0.2) is 52.0 Å². The van der Waals surface area contributed by atoms with Crippen LogP contribution in [0.25, 0.3) is 0 Å². The second kappa shape index (κ2) is 7.13. The lowest BCUT2D eigenvalue weighted by atomic mass is 10.3. The summed E-state index contributed by atoms with van der Waals surface area (Å²) in [6, 6.07) is 12.0. The Hall–Kier alpha value is -1.39. The summed E-state index contributed by atoms with van der Waals surface area (Å²) in [4.78, 5) is 1.26. The molecule has 1 heterocycles. The smallest absolute Gasteiger partial charge is 0.118 e. The minimum absolute atomic E-state index is 0.788. The quantitative estimate of drug-likeness (QED) is 0.614. The highest BCUT2D eigenvalue weighted by Crippen LogP contribution is 2.20. The van der Waals surface area contributed by atoms with Gasteiger partial charge in [0.1, 0.15) is 11.5 Å². The third-order valence-electron chi connectivity index (χ3n) is 2.49. The summed E-state index contributed by atoms with van der Waals surface area (Å²) >= 11 is 1.83. The van der Waals surface area contributed by atoms with Gasteiger partial charge in [-0.05, 0) is 36.4 Å². The molecule has 0 fully saturated rings. The van der Waals surface area contributed by atoms with E-state index in [4.69, 9.17) is 9.15 Å². The molecule has 0 atom stereocenters. The molecule has 0 aliphatic heterocycles. The Balaban J connectivity index is 1.62. The molecule has 1 N–H and O–H groups in total. The molecule has 0 radical (unpaired) electrons. The first kappa shape index (κ1) is 13.1. The highest BCUT2D eigenvalue weighted by atomic mass is 32.2. The van der Waals surface area contributed by atoms with E-state index in [1.807, 2.05) is 36.0 Å². The van der Waals surface area contributed by atoms with Gasteiger partial charge in [0.25, 0.3) is 0 Å². The predicted molar refractivity (Wildman–Crippen MR) is 74.1 cm³/mol. The number of hydrogen-bond donors (Lipinski definition) is 1. The zero-order chi connectivity index (χ0) is 12.6. The lowest BCUT2D eigenvalue weighted by Crippen LogP contribution is -2.15. The van der Waals surface area contributed by atoms with Gasteiger partial charge in [-0.3, -0.25) is 0 Å². The van der Waals surface area contributed by atoms with Crippen molar-refractivity contribution in [2.75, 3.05) is 19.4 Å². The van der Waals surface area contributed by atoms with Crippen molar-refractivity contribution in [3.63, 3.8) is 0 Å². The van der Waals surface area contributed by atoms with Crippen LogP contribution >= 0.6 is 11.8 Å². The second-order valence-corrected chi connectivity index (χ2v) is 4.95. The average molecular weight is 263 g/mol. The van der Waals surface area contributed by atoms with Gasteiger partial charge in [-0.1, -0.05) is 0 Å². The number of ether oxygens (including phenoxy) is 1. The van der Waals surface area contributed by atoms with E-state index >= 15 is 0 Å². The van der Waals surface area contributed by atoms with Gasteiger partial charge in [0.15, 0.2) is 0 Å². The van der Waals surface area contributed by atoms with E-state index < -0.39 is 0 Å². The monoisotopic (exact) mass is 263 g/mol. The summed E-state index contributed by atoms with van der Waals surface area (Å²) in [6.45, 7) is 1.74. The SMILES string of the molecule is COc1ccc(SCCNCc2ccco2)cc1. The number of thioether (sulfide) groups is 1. The summed E-state index contributed by atoms with van der Waals surface area (Å²) in [5, 5.41) is 3.34. The molecule has 1 aromatic carbocycles. The molecule has 0 amide bonds. The number of furan rings is 1. The summed E-state index contributed by atoms with van der Waals surface area (Å²) in [5.74, 6) is 2.91. The third-order valence-corrected chi connectivity index (χ3v) is 3.50. The summed E-state index contributed by atoms with van der Waals surface area (Å²) in [7, 11) is 1.68. The fourth-order valence-corrected chi connectivity index (χ4v) is 2.35. The number of benzene rings is 1. The van der Waals surface area contributed by atoms with Crippen molar-refractivity contribution in [3.05, 3.63) is 48.4 Å². The van der Waals surface area contributed by atoms with Gasteiger partial charge < -0.3 is 14.5 Å². The van der Waals surface area contributed by atoms with Crippen molar-refractivity contribution in [2.24, 2.45) is 0 Å². The first-order valence-corrected chi connectivity index (χ1v) is 6.87. The molecule has 0 aliphatic carbocycles. The van der Waals surface area contributed by atoms with Gasteiger partial charge in [0.2, 0.25) is 0 Å². The van der Waals surface area contributed by atoms with Crippen LogP contribution in [0.3, 0.4) is 0 Å². The van der Waals surface area contributed by atoms with Crippen LogP contribution in [0.2, 0.25) is 0 Å². The Morgan fingerprint density at radius 3 is 2.72 bits per heavy atom. The Morgan fingerprint density at radius 2 is 2.06 bits per heavy atom. The van der Waals surface area contributed by atoms with Gasteiger partial charge in [0, 0.05) is 17.2 Å². The number of rotatable bonds is 7. The Morgan fingerprint density at radius 1 is 1.22 bits per heavy atom. The largest absolute Gasteiger partial charge is 0.497 e. The fourth-order valence-electron chi connectivity index (χ4n) is 1.54. The van der Waals surface area contributed by atoms with Gasteiger partial charge in [0.05, 0.1) is 19.9 Å². The summed E-state index contributed by atoms with van der Waals surface area (Å²) in [5.41, 5.74) is 0. The Bertz CT molecular complexity index is 439. The topological polar surface area (TPSA) is 34.4 Å². The fraction of sp³-hybridized carbons (Fsp3) is 0.286. The van der Waals surface area contributed by atoms with Gasteiger partial charge in [-0.2, -0.15) is 0 Å². The van der Waals surface area contributed by atoms with E-state index in [2.05, 4.69) is 17.4 Å². The molecule has 18 heavy (non-hydrogen) atoms. The lowest BCUT2D eigenvalue weighted by molar-refractivity contribution is 0.414. The lowest BCUT2D eigenvalue weighted by Gasteiger charge is -2.04. The van der Waals surface area contributed by atoms with Crippen LogP contribution in [0.5, 0.6) is 5.75 Å². The third kappa shape index (κ3) is 4.13. The zero-order valence-corrected chi connectivity index (χ0v) is 11.2. The minimum Gasteiger partial charge on any atom is -0.497 e. The molecule has 4 heteroatoms. The van der Waals surface area contributed by atoms with E-state index in [1.165, 1.54) is 4.90 Å². The first-order chi connectivity index (χ1) is 8.88. The molecule has 0 saturated carbocycles. The normalized spacial score (nSPS) is 10.5. The molecule has 0 spiro atoms. The molecular weight excluding hydrogens is 246 g/mol. The molecule has 1 aromatic heterocycles. The van der Waals surface area contributed by atoms with Crippen LogP contribution in [0.4, 0.5) is 0 Å². The second-order valence-electron chi connectivity index (χ2n) is 3.78. The van der Waals surface area contributed by atoms with Crippen LogP contribution in [0, 0.1) is 0 Å². The number of nitrogens with one attached hydrogen (secondary N) is 1. The van der Waals surface area contributed by atoms with Gasteiger partial charge in [-0.25, -0.2) is 0 Å². The van der Waals surface area contributed by atoms with E-state index in [9.17, 15) is 0 Å². The average Bonchev–Trinajstić information content (AvgIpc) is 2.92. The van der Waals surface area contributed by atoms with Crippen LogP contribution < -0.4 is 10.1 Å². The van der Waals surface area contributed by atoms with E-state index in [0.29, 0.717) is 0 Å². The summed E-state index contributed by atoms with van der Waals surface area (Å²) in [6.07, 6.45) is 1.70. The standard InChI is InChI=1S/C14H17NO2S/c1-16-12-4-6-14(7-5-12)18-10-8-15-11-13-3-2-9-17-13/h2-7,9,15H,8,10-11H2,1H3. The molecule has 96 valence electrons. The van der Waals surface area contributed by atoms with Crippen LogP contribution in [0.1, 0.15) is 5.76 Å². The van der Waals surface area contributed by atoms with Crippen molar-refractivity contribution in [1.82, 2.24) is 5.32 Å². The molecular formula is C14H17NO2S. The highest BCUT2D eigenvalue weighted by Gasteiger charge is 1.97. The van der Waals surface area contributed by atoms with Crippen molar-refractivity contribution >= 4 is 11.8 Å². The first-order valence-electron chi connectivity index (χ1n) is 5.88. The Kier molecular flexibility index (Phi) is 5.17. The summed E-state index contributed by atoms with van der Waals surface area (Å²) < 4.78 is 10.4. The van der Waals surface area contributed by atoms with Gasteiger partial charge in [-0.15, -0.1) is 11.8 Å². The number of methoxy groups -OCH3 is 1. The van der Waals surface area contributed by atoms with E-state index in [-0.39, 0.29) is 0 Å². The number of hydrogen-bond acceptors (Lipinski definition) is 4. The maximum absolute atomic E-state index is 5.24. The maximum Gasteiger partial charge on any atom is 0.118 e. The highest BCUT2D eigenvalue weighted by molar-refractivity contribution is 7.99. The zero-order valence-electron chi connectivity index (χ0n) is 10.4. The van der Waals surface area contributed by atoms with E-state index in [0.717, 1.165) is 30.4 Å².